The number of hydrogen-bond acceptors (Lipinski definition) is 4. The molecule has 4 rings (SSSR count). The highest BCUT2D eigenvalue weighted by Crippen LogP contribution is 2.24. The number of hydrogen-bond donors (Lipinski definition) is 3. The van der Waals surface area contributed by atoms with Crippen molar-refractivity contribution >= 4 is 55.9 Å². The second kappa shape index (κ2) is 9.80. The average Bonchev–Trinajstić information content (AvgIpc) is 3.18. The van der Waals surface area contributed by atoms with Gasteiger partial charge in [-0.05, 0) is 67.1 Å². The molecule has 0 fully saturated rings. The van der Waals surface area contributed by atoms with Crippen molar-refractivity contribution in [3.63, 3.8) is 0 Å². The Hall–Kier alpha value is -4.11. The van der Waals surface area contributed by atoms with Crippen LogP contribution in [0.4, 0.5) is 11.4 Å². The molecule has 0 saturated carbocycles. The highest BCUT2D eigenvalue weighted by molar-refractivity contribution is 9.10. The molecule has 0 saturated heterocycles. The van der Waals surface area contributed by atoms with E-state index in [1.54, 1.807) is 48.5 Å². The molecule has 0 bridgehead atoms. The van der Waals surface area contributed by atoms with Gasteiger partial charge in [0.2, 0.25) is 0 Å². The van der Waals surface area contributed by atoms with E-state index in [1.807, 2.05) is 31.2 Å². The minimum atomic E-state index is -0.929. The van der Waals surface area contributed by atoms with E-state index in [0.717, 1.165) is 10.0 Å². The van der Waals surface area contributed by atoms with Crippen molar-refractivity contribution in [3.05, 3.63) is 88.5 Å². The van der Waals surface area contributed by atoms with Crippen LogP contribution in [0.25, 0.3) is 10.9 Å². The van der Waals surface area contributed by atoms with E-state index in [2.05, 4.69) is 32.0 Å². The molecule has 1 aromatic heterocycles. The molecule has 0 aliphatic carbocycles. The van der Waals surface area contributed by atoms with Crippen molar-refractivity contribution < 1.29 is 19.1 Å². The van der Waals surface area contributed by atoms with Crippen molar-refractivity contribution in [1.29, 1.82) is 0 Å². The van der Waals surface area contributed by atoms with Gasteiger partial charge < -0.3 is 15.4 Å². The van der Waals surface area contributed by atoms with Crippen molar-refractivity contribution in [2.24, 2.45) is 0 Å². The normalized spacial score (nSPS) is 10.6. The molecule has 34 heavy (non-hydrogen) atoms. The third kappa shape index (κ3) is 4.94. The van der Waals surface area contributed by atoms with Gasteiger partial charge in [-0.15, -0.1) is 0 Å². The van der Waals surface area contributed by atoms with Gasteiger partial charge in [0.25, 0.3) is 5.91 Å². The number of nitrogens with one attached hydrogen (secondary N) is 3. The lowest BCUT2D eigenvalue weighted by Gasteiger charge is -2.13. The predicted molar refractivity (Wildman–Crippen MR) is 135 cm³/mol. The number of benzene rings is 3. The zero-order chi connectivity index (χ0) is 24.2. The number of anilines is 2. The molecular weight excluding hydrogens is 500 g/mol. The molecule has 0 radical (unpaired) electrons. The quantitative estimate of drug-likeness (QED) is 0.332. The Bertz CT molecular complexity index is 1400. The summed E-state index contributed by atoms with van der Waals surface area (Å²) in [5, 5.41) is 6.10. The van der Waals surface area contributed by atoms with E-state index in [1.165, 1.54) is 11.8 Å². The molecule has 0 unspecified atom stereocenters. The van der Waals surface area contributed by atoms with Crippen LogP contribution in [0.1, 0.15) is 16.1 Å². The Morgan fingerprint density at radius 2 is 1.62 bits per heavy atom. The molecule has 4 aromatic rings. The molecule has 1 heterocycles. The third-order valence-corrected chi connectivity index (χ3v) is 5.65. The lowest BCUT2D eigenvalue weighted by molar-refractivity contribution is -0.133. The second-order valence-corrected chi connectivity index (χ2v) is 8.38. The first kappa shape index (κ1) is 23.1. The molecule has 0 aliphatic rings. The third-order valence-electron chi connectivity index (χ3n) is 5.16. The fourth-order valence-corrected chi connectivity index (χ4v) is 3.77. The Kier molecular flexibility index (Phi) is 6.65. The van der Waals surface area contributed by atoms with Gasteiger partial charge in [0.1, 0.15) is 11.4 Å². The largest absolute Gasteiger partial charge is 0.497 e. The molecule has 9 heteroatoms. The Labute approximate surface area is 204 Å². The summed E-state index contributed by atoms with van der Waals surface area (Å²) in [7, 11) is 1.54. The molecule has 0 aliphatic heterocycles. The zero-order valence-corrected chi connectivity index (χ0v) is 20.0. The van der Waals surface area contributed by atoms with Crippen molar-refractivity contribution in [2.45, 2.75) is 6.92 Å². The number of aryl methyl sites for hydroxylation is 1. The number of carbonyl (C=O) groups is 3. The van der Waals surface area contributed by atoms with Crippen LogP contribution in [0.5, 0.6) is 5.75 Å². The summed E-state index contributed by atoms with van der Waals surface area (Å²) in [5.41, 5.74) is 5.24. The number of nitrogens with zero attached hydrogens (tertiary/aromatic N) is 1. The predicted octanol–water partition coefficient (Wildman–Crippen LogP) is 4.68. The number of methoxy groups -OCH3 is 1. The Balaban J connectivity index is 1.61. The van der Waals surface area contributed by atoms with Gasteiger partial charge in [-0.1, -0.05) is 34.1 Å². The second-order valence-electron chi connectivity index (χ2n) is 7.46. The molecular formula is C25H21BrN4O4. The van der Waals surface area contributed by atoms with E-state index >= 15 is 0 Å². The Morgan fingerprint density at radius 3 is 2.32 bits per heavy atom. The monoisotopic (exact) mass is 520 g/mol. The number of ether oxygens (including phenoxy) is 1. The standard InChI is InChI=1S/C25H21BrN4O4/c1-15-5-3-4-6-20(15)28-23(31)22-14-16-13-17(26)7-12-21(16)30(22)29-25(33)24(32)27-18-8-10-19(34-2)11-9-18/h3-14H,1-2H3,(H,27,32)(H,28,31)(H,29,33). The number of para-hydroxylation sites is 1. The van der Waals surface area contributed by atoms with Gasteiger partial charge in [0, 0.05) is 21.2 Å². The fourth-order valence-electron chi connectivity index (χ4n) is 3.39. The average molecular weight is 521 g/mol. The molecule has 3 N–H and O–H groups in total. The topological polar surface area (TPSA) is 101 Å². The molecule has 0 atom stereocenters. The van der Waals surface area contributed by atoms with Gasteiger partial charge in [0.15, 0.2) is 0 Å². The van der Waals surface area contributed by atoms with E-state index in [0.29, 0.717) is 28.0 Å². The minimum Gasteiger partial charge on any atom is -0.497 e. The van der Waals surface area contributed by atoms with E-state index in [9.17, 15) is 14.4 Å². The molecule has 8 nitrogen and oxygen atoms in total. The van der Waals surface area contributed by atoms with Crippen molar-refractivity contribution in [3.8, 4) is 5.75 Å². The SMILES string of the molecule is COc1ccc(NC(=O)C(=O)Nn2c(C(=O)Nc3ccccc3C)cc3cc(Br)ccc32)cc1. The van der Waals surface area contributed by atoms with E-state index in [-0.39, 0.29) is 5.69 Å². The van der Waals surface area contributed by atoms with Crippen LogP contribution < -0.4 is 20.8 Å². The van der Waals surface area contributed by atoms with E-state index < -0.39 is 17.7 Å². The van der Waals surface area contributed by atoms with Crippen LogP contribution in [0, 0.1) is 6.92 Å². The first-order chi connectivity index (χ1) is 16.4. The summed E-state index contributed by atoms with van der Waals surface area (Å²) in [6, 6.07) is 20.9. The first-order valence-electron chi connectivity index (χ1n) is 10.3. The van der Waals surface area contributed by atoms with Crippen molar-refractivity contribution in [1.82, 2.24) is 4.68 Å². The van der Waals surface area contributed by atoms with Gasteiger partial charge in [0.05, 0.1) is 12.6 Å². The molecule has 172 valence electrons. The lowest BCUT2D eigenvalue weighted by Crippen LogP contribution is -2.36. The van der Waals surface area contributed by atoms with Gasteiger partial charge >= 0.3 is 11.8 Å². The number of fused-ring (bicyclic) bond motifs is 1. The summed E-state index contributed by atoms with van der Waals surface area (Å²) < 4.78 is 7.21. The maximum atomic E-state index is 13.1. The maximum Gasteiger partial charge on any atom is 0.328 e. The minimum absolute atomic E-state index is 0.168. The number of carbonyl (C=O) groups excluding carboxylic acids is 3. The number of amides is 3. The van der Waals surface area contributed by atoms with Gasteiger partial charge in [-0.3, -0.25) is 19.8 Å². The summed E-state index contributed by atoms with van der Waals surface area (Å²) in [4.78, 5) is 38.4. The zero-order valence-electron chi connectivity index (χ0n) is 18.4. The smallest absolute Gasteiger partial charge is 0.328 e. The van der Waals surface area contributed by atoms with Gasteiger partial charge in [-0.2, -0.15) is 0 Å². The summed E-state index contributed by atoms with van der Waals surface area (Å²) in [5.74, 6) is -1.62. The molecule has 3 amide bonds. The van der Waals surface area contributed by atoms with Crippen LogP contribution >= 0.6 is 15.9 Å². The molecule has 0 spiro atoms. The highest BCUT2D eigenvalue weighted by Gasteiger charge is 2.21. The van der Waals surface area contributed by atoms with Crippen LogP contribution in [-0.2, 0) is 9.59 Å². The summed E-state index contributed by atoms with van der Waals surface area (Å²) in [6.45, 7) is 1.88. The highest BCUT2D eigenvalue weighted by atomic mass is 79.9. The Morgan fingerprint density at radius 1 is 0.882 bits per heavy atom. The van der Waals surface area contributed by atoms with Crippen LogP contribution in [-0.4, -0.2) is 29.5 Å². The lowest BCUT2D eigenvalue weighted by atomic mass is 10.2. The van der Waals surface area contributed by atoms with Gasteiger partial charge in [-0.25, -0.2) is 4.68 Å². The van der Waals surface area contributed by atoms with E-state index in [4.69, 9.17) is 4.74 Å². The van der Waals surface area contributed by atoms with Crippen LogP contribution in [0.3, 0.4) is 0 Å². The van der Waals surface area contributed by atoms with Crippen LogP contribution in [0.2, 0.25) is 0 Å². The summed E-state index contributed by atoms with van der Waals surface area (Å²) in [6.07, 6.45) is 0. The fraction of sp³-hybridized carbons (Fsp3) is 0.0800. The number of rotatable bonds is 5. The van der Waals surface area contributed by atoms with Crippen LogP contribution in [0.15, 0.2) is 77.3 Å². The molecule has 3 aromatic carbocycles. The number of halogens is 1. The summed E-state index contributed by atoms with van der Waals surface area (Å²) >= 11 is 3.42. The van der Waals surface area contributed by atoms with Crippen molar-refractivity contribution in [2.75, 3.05) is 23.2 Å². The number of aromatic nitrogens is 1. The maximum absolute atomic E-state index is 13.1. The first-order valence-corrected chi connectivity index (χ1v) is 11.1.